The van der Waals surface area contributed by atoms with E-state index in [-0.39, 0.29) is 28.1 Å². The number of hydrogen-bond donors (Lipinski definition) is 2. The number of sulfone groups is 1. The molecule has 0 unspecified atom stereocenters. The van der Waals surface area contributed by atoms with Crippen LogP contribution in [0.1, 0.15) is 43.2 Å². The van der Waals surface area contributed by atoms with Crippen molar-refractivity contribution in [2.24, 2.45) is 0 Å². The molecule has 17 heteroatoms. The number of anilines is 2. The summed E-state index contributed by atoms with van der Waals surface area (Å²) in [7, 11) is -5.41. The first-order valence-electron chi connectivity index (χ1n) is 11.5. The molecule has 0 atom stereocenters. The maximum atomic E-state index is 12.6. The molecule has 0 fully saturated rings. The Morgan fingerprint density at radius 2 is 1.19 bits per heavy atom. The van der Waals surface area contributed by atoms with E-state index in [1.54, 1.807) is 6.92 Å². The van der Waals surface area contributed by atoms with E-state index in [4.69, 9.17) is 0 Å². The SMILES string of the molecule is Cc1cc(NC(=O)c2conc2C)ccc1C(F)(F)F.Cc1nocc1C(=O)Nc1ccc(S(=O)(=O)C(F)(F)F)cc1. The van der Waals surface area contributed by atoms with E-state index < -0.39 is 43.8 Å². The summed E-state index contributed by atoms with van der Waals surface area (Å²) in [5.41, 5.74) is -4.51. The highest BCUT2D eigenvalue weighted by molar-refractivity contribution is 7.92. The second-order valence-electron chi connectivity index (χ2n) is 8.54. The zero-order chi connectivity index (χ0) is 31.5. The molecule has 0 saturated carbocycles. The predicted molar refractivity (Wildman–Crippen MR) is 134 cm³/mol. The molecule has 0 saturated heterocycles. The minimum Gasteiger partial charge on any atom is -0.364 e. The van der Waals surface area contributed by atoms with Crippen molar-refractivity contribution in [3.63, 3.8) is 0 Å². The second kappa shape index (κ2) is 12.1. The molecule has 10 nitrogen and oxygen atoms in total. The van der Waals surface area contributed by atoms with E-state index in [0.29, 0.717) is 11.4 Å². The van der Waals surface area contributed by atoms with Gasteiger partial charge in [-0.15, -0.1) is 0 Å². The van der Waals surface area contributed by atoms with Crippen molar-refractivity contribution >= 4 is 33.0 Å². The van der Waals surface area contributed by atoms with Crippen LogP contribution in [-0.4, -0.2) is 36.1 Å². The lowest BCUT2D eigenvalue weighted by atomic mass is 10.1. The molecule has 0 aliphatic carbocycles. The van der Waals surface area contributed by atoms with Gasteiger partial charge in [-0.1, -0.05) is 10.3 Å². The smallest absolute Gasteiger partial charge is 0.364 e. The lowest BCUT2D eigenvalue weighted by Crippen LogP contribution is -2.23. The average molecular weight is 619 g/mol. The van der Waals surface area contributed by atoms with Gasteiger partial charge in [0.25, 0.3) is 21.7 Å². The van der Waals surface area contributed by atoms with E-state index >= 15 is 0 Å². The number of benzene rings is 2. The molecule has 2 heterocycles. The van der Waals surface area contributed by atoms with Crippen LogP contribution in [0.2, 0.25) is 0 Å². The molecule has 0 aliphatic rings. The van der Waals surface area contributed by atoms with Crippen LogP contribution in [0.3, 0.4) is 0 Å². The van der Waals surface area contributed by atoms with Crippen LogP contribution in [0, 0.1) is 20.8 Å². The molecule has 0 spiro atoms. The number of carbonyl (C=O) groups excluding carboxylic acids is 2. The quantitative estimate of drug-likeness (QED) is 0.256. The predicted octanol–water partition coefficient (Wildman–Crippen LogP) is 6.09. The Bertz CT molecular complexity index is 1690. The third-order valence-corrected chi connectivity index (χ3v) is 7.01. The highest BCUT2D eigenvalue weighted by Crippen LogP contribution is 2.33. The summed E-state index contributed by atoms with van der Waals surface area (Å²) >= 11 is 0. The van der Waals surface area contributed by atoms with Crippen molar-refractivity contribution in [1.29, 1.82) is 0 Å². The number of rotatable bonds is 5. The number of aryl methyl sites for hydroxylation is 3. The number of amides is 2. The number of aromatic nitrogens is 2. The van der Waals surface area contributed by atoms with Crippen molar-refractivity contribution < 1.29 is 53.4 Å². The van der Waals surface area contributed by atoms with Crippen molar-refractivity contribution in [2.45, 2.75) is 37.4 Å². The van der Waals surface area contributed by atoms with Gasteiger partial charge in [0.15, 0.2) is 0 Å². The van der Waals surface area contributed by atoms with Gasteiger partial charge in [0, 0.05) is 11.4 Å². The Labute approximate surface area is 233 Å². The van der Waals surface area contributed by atoms with E-state index in [1.807, 2.05) is 0 Å². The zero-order valence-corrected chi connectivity index (χ0v) is 22.5. The summed E-state index contributed by atoms with van der Waals surface area (Å²) in [6.07, 6.45) is -2.10. The van der Waals surface area contributed by atoms with Gasteiger partial charge >= 0.3 is 11.7 Å². The first-order chi connectivity index (χ1) is 19.4. The van der Waals surface area contributed by atoms with E-state index in [9.17, 15) is 44.3 Å². The number of carbonyl (C=O) groups is 2. The molecule has 224 valence electrons. The van der Waals surface area contributed by atoms with Crippen LogP contribution >= 0.6 is 0 Å². The van der Waals surface area contributed by atoms with Gasteiger partial charge in [0.1, 0.15) is 23.7 Å². The first-order valence-corrected chi connectivity index (χ1v) is 12.9. The highest BCUT2D eigenvalue weighted by Gasteiger charge is 2.46. The lowest BCUT2D eigenvalue weighted by Gasteiger charge is -2.12. The largest absolute Gasteiger partial charge is 0.501 e. The fourth-order valence-corrected chi connectivity index (χ4v) is 4.09. The molecule has 2 aromatic carbocycles. The van der Waals surface area contributed by atoms with Gasteiger partial charge in [-0.2, -0.15) is 26.3 Å². The van der Waals surface area contributed by atoms with Crippen molar-refractivity contribution in [3.8, 4) is 0 Å². The molecular formula is C25H20F6N4O6S. The van der Waals surface area contributed by atoms with Gasteiger partial charge in [-0.25, -0.2) is 8.42 Å². The Morgan fingerprint density at radius 3 is 1.57 bits per heavy atom. The van der Waals surface area contributed by atoms with Crippen LogP contribution < -0.4 is 10.6 Å². The Balaban J connectivity index is 0.000000231. The number of halogens is 6. The third-order valence-electron chi connectivity index (χ3n) is 5.51. The average Bonchev–Trinajstić information content (AvgIpc) is 3.51. The van der Waals surface area contributed by atoms with Crippen LogP contribution in [0.25, 0.3) is 0 Å². The Morgan fingerprint density at radius 1 is 0.738 bits per heavy atom. The Kier molecular flexibility index (Phi) is 9.14. The zero-order valence-electron chi connectivity index (χ0n) is 21.7. The molecule has 2 N–H and O–H groups in total. The maximum Gasteiger partial charge on any atom is 0.501 e. The fraction of sp³-hybridized carbons (Fsp3) is 0.200. The van der Waals surface area contributed by atoms with Gasteiger partial charge in [-0.05, 0) is 68.8 Å². The topological polar surface area (TPSA) is 144 Å². The monoisotopic (exact) mass is 618 g/mol. The number of alkyl halides is 6. The van der Waals surface area contributed by atoms with Crippen molar-refractivity contribution in [1.82, 2.24) is 10.3 Å². The van der Waals surface area contributed by atoms with Crippen LogP contribution in [0.15, 0.2) is 68.9 Å². The number of nitrogens with one attached hydrogen (secondary N) is 2. The summed E-state index contributed by atoms with van der Waals surface area (Å²) in [5, 5.41) is 12.0. The molecule has 42 heavy (non-hydrogen) atoms. The van der Waals surface area contributed by atoms with E-state index in [1.165, 1.54) is 32.2 Å². The third kappa shape index (κ3) is 7.34. The summed E-state index contributed by atoms with van der Waals surface area (Å²) in [4.78, 5) is 22.8. The lowest BCUT2D eigenvalue weighted by molar-refractivity contribution is -0.138. The molecule has 2 aromatic heterocycles. The molecular weight excluding hydrogens is 598 g/mol. The maximum absolute atomic E-state index is 12.6. The van der Waals surface area contributed by atoms with Crippen LogP contribution in [0.5, 0.6) is 0 Å². The molecule has 4 rings (SSSR count). The molecule has 0 bridgehead atoms. The van der Waals surface area contributed by atoms with Crippen LogP contribution in [-0.2, 0) is 16.0 Å². The van der Waals surface area contributed by atoms with Crippen molar-refractivity contribution in [3.05, 3.63) is 88.6 Å². The van der Waals surface area contributed by atoms with Gasteiger partial charge < -0.3 is 19.7 Å². The first kappa shape index (κ1) is 31.9. The number of nitrogens with zero attached hydrogens (tertiary/aromatic N) is 2. The van der Waals surface area contributed by atoms with E-state index in [0.717, 1.165) is 36.6 Å². The second-order valence-corrected chi connectivity index (χ2v) is 10.5. The fourth-order valence-electron chi connectivity index (χ4n) is 3.33. The minimum atomic E-state index is -5.41. The molecule has 0 radical (unpaired) electrons. The Hall–Kier alpha value is -4.67. The summed E-state index contributed by atoms with van der Waals surface area (Å²) in [6.45, 7) is 4.47. The standard InChI is InChI=1S/C13H11F3N2O2.C12H9F3N2O4S/c1-7-5-9(3-4-11(7)13(14,15)16)17-12(19)10-6-20-18-8(10)2;1-7-10(6-21-17-7)11(18)16-8-2-4-9(5-3-8)22(19,20)12(13,14)15/h3-6H,1-2H3,(H,17,19);2-6H,1H3,(H,16,18). The highest BCUT2D eigenvalue weighted by atomic mass is 32.2. The molecule has 0 aliphatic heterocycles. The summed E-state index contributed by atoms with van der Waals surface area (Å²) < 4.78 is 107. The van der Waals surface area contributed by atoms with Crippen molar-refractivity contribution in [2.75, 3.05) is 10.6 Å². The number of hydrogen-bond acceptors (Lipinski definition) is 8. The van der Waals surface area contributed by atoms with Gasteiger partial charge in [0.2, 0.25) is 0 Å². The summed E-state index contributed by atoms with van der Waals surface area (Å²) in [5.74, 6) is -1.06. The van der Waals surface area contributed by atoms with E-state index in [2.05, 4.69) is 30.0 Å². The van der Waals surface area contributed by atoms with Gasteiger partial charge in [-0.3, -0.25) is 9.59 Å². The summed E-state index contributed by atoms with van der Waals surface area (Å²) in [6, 6.07) is 7.04. The molecule has 2 amide bonds. The minimum absolute atomic E-state index is 0.0392. The van der Waals surface area contributed by atoms with Gasteiger partial charge in [0.05, 0.1) is 21.8 Å². The van der Waals surface area contributed by atoms with Crippen LogP contribution in [0.4, 0.5) is 37.7 Å². The normalized spacial score (nSPS) is 11.8. The molecule has 4 aromatic rings.